The largest absolute Gasteiger partial charge is 0.347 e. The molecule has 118 valence electrons. The van der Waals surface area contributed by atoms with Crippen LogP contribution in [0.5, 0.6) is 0 Å². The maximum absolute atomic E-state index is 12.0. The minimum absolute atomic E-state index is 0.0120. The highest BCUT2D eigenvalue weighted by molar-refractivity contribution is 5.98. The van der Waals surface area contributed by atoms with Gasteiger partial charge in [-0.05, 0) is 17.9 Å². The van der Waals surface area contributed by atoms with E-state index in [0.717, 1.165) is 0 Å². The molecule has 0 aromatic heterocycles. The minimum atomic E-state index is -0.289. The summed E-state index contributed by atoms with van der Waals surface area (Å²) in [6.07, 6.45) is 5.24. The number of hydrogen-bond acceptors (Lipinski definition) is 2. The van der Waals surface area contributed by atoms with Crippen LogP contribution >= 0.6 is 0 Å². The second-order valence-corrected chi connectivity index (χ2v) is 5.77. The van der Waals surface area contributed by atoms with E-state index >= 15 is 0 Å². The van der Waals surface area contributed by atoms with E-state index in [1.165, 1.54) is 16.5 Å². The van der Waals surface area contributed by atoms with Crippen LogP contribution in [-0.2, 0) is 9.59 Å². The topological polar surface area (TPSA) is 49.4 Å². The van der Waals surface area contributed by atoms with Crippen LogP contribution in [0.2, 0.25) is 0 Å². The Bertz CT molecular complexity index is 434. The molecule has 1 N–H and O–H groups in total. The van der Waals surface area contributed by atoms with Crippen molar-refractivity contribution < 1.29 is 9.59 Å². The molecule has 0 aliphatic carbocycles. The Kier molecular flexibility index (Phi) is 8.36. The van der Waals surface area contributed by atoms with Gasteiger partial charge in [0, 0.05) is 19.7 Å². The molecule has 0 aromatic carbocycles. The van der Waals surface area contributed by atoms with Gasteiger partial charge in [0.25, 0.3) is 5.91 Å². The summed E-state index contributed by atoms with van der Waals surface area (Å²) < 4.78 is 0. The number of carbonyl (C=O) groups is 2. The van der Waals surface area contributed by atoms with Crippen LogP contribution in [0.3, 0.4) is 0 Å². The highest BCUT2D eigenvalue weighted by Gasteiger charge is 2.10. The molecule has 0 aliphatic heterocycles. The number of amides is 2. The predicted molar refractivity (Wildman–Crippen MR) is 87.7 cm³/mol. The van der Waals surface area contributed by atoms with E-state index in [9.17, 15) is 9.59 Å². The lowest BCUT2D eigenvalue weighted by Crippen LogP contribution is -2.36. The summed E-state index contributed by atoms with van der Waals surface area (Å²) in [7, 11) is 3.30. The van der Waals surface area contributed by atoms with Gasteiger partial charge in [0.05, 0.1) is 6.54 Å². The summed E-state index contributed by atoms with van der Waals surface area (Å²) in [5, 5.41) is 2.60. The van der Waals surface area contributed by atoms with Crippen molar-refractivity contribution in [1.29, 1.82) is 0 Å². The molecular weight excluding hydrogens is 264 g/mol. The zero-order chi connectivity index (χ0) is 16.6. The first-order chi connectivity index (χ1) is 9.70. The van der Waals surface area contributed by atoms with E-state index in [2.05, 4.69) is 39.6 Å². The van der Waals surface area contributed by atoms with Gasteiger partial charge in [0.1, 0.15) is 0 Å². The van der Waals surface area contributed by atoms with E-state index < -0.39 is 0 Å². The molecule has 2 amide bonds. The molecular formula is C17H28N2O2. The summed E-state index contributed by atoms with van der Waals surface area (Å²) in [6, 6.07) is 0. The quantitative estimate of drug-likeness (QED) is 0.579. The summed E-state index contributed by atoms with van der Waals surface area (Å²) in [4.78, 5) is 24.9. The molecule has 0 saturated heterocycles. The lowest BCUT2D eigenvalue weighted by molar-refractivity contribution is -0.129. The van der Waals surface area contributed by atoms with Gasteiger partial charge in [-0.1, -0.05) is 52.0 Å². The maximum atomic E-state index is 12.0. The van der Waals surface area contributed by atoms with Crippen molar-refractivity contribution in [2.24, 2.45) is 11.8 Å². The summed E-state index contributed by atoms with van der Waals surface area (Å²) in [5.74, 6) is 0.409. The van der Waals surface area contributed by atoms with Gasteiger partial charge in [-0.2, -0.15) is 0 Å². The Morgan fingerprint density at radius 1 is 1.10 bits per heavy atom. The molecule has 4 nitrogen and oxygen atoms in total. The fraction of sp³-hybridized carbons (Fsp3) is 0.529. The summed E-state index contributed by atoms with van der Waals surface area (Å²) in [6.45, 7) is 12.2. The molecule has 0 bridgehead atoms. The van der Waals surface area contributed by atoms with Crippen molar-refractivity contribution >= 4 is 11.8 Å². The third-order valence-corrected chi connectivity index (χ3v) is 3.17. The van der Waals surface area contributed by atoms with Crippen molar-refractivity contribution in [3.05, 3.63) is 36.0 Å². The number of nitrogens with one attached hydrogen (secondary N) is 1. The van der Waals surface area contributed by atoms with E-state index in [1.807, 2.05) is 6.08 Å². The SMILES string of the molecule is C=C/C(=C\C=C(C(C)C)C(C)C)C(=O)NCC(=O)N(C)C. The molecule has 0 fully saturated rings. The van der Waals surface area contributed by atoms with Crippen molar-refractivity contribution in [3.8, 4) is 0 Å². The van der Waals surface area contributed by atoms with Crippen molar-refractivity contribution in [2.75, 3.05) is 20.6 Å². The lowest BCUT2D eigenvalue weighted by atomic mass is 9.92. The second kappa shape index (κ2) is 9.16. The monoisotopic (exact) mass is 292 g/mol. The Morgan fingerprint density at radius 2 is 1.62 bits per heavy atom. The Labute approximate surface area is 128 Å². The first-order valence-corrected chi connectivity index (χ1v) is 7.23. The van der Waals surface area contributed by atoms with Gasteiger partial charge in [-0.3, -0.25) is 9.59 Å². The van der Waals surface area contributed by atoms with Crippen molar-refractivity contribution in [2.45, 2.75) is 27.7 Å². The predicted octanol–water partition coefficient (Wildman–Crippen LogP) is 2.54. The first-order valence-electron chi connectivity index (χ1n) is 7.23. The minimum Gasteiger partial charge on any atom is -0.347 e. The number of nitrogens with zero attached hydrogens (tertiary/aromatic N) is 1. The Morgan fingerprint density at radius 3 is 2.00 bits per heavy atom. The fourth-order valence-electron chi connectivity index (χ4n) is 1.89. The number of allylic oxidation sites excluding steroid dienone is 3. The van der Waals surface area contributed by atoms with Crippen LogP contribution in [0.25, 0.3) is 0 Å². The average Bonchev–Trinajstić information content (AvgIpc) is 2.39. The highest BCUT2D eigenvalue weighted by Crippen LogP contribution is 2.19. The Balaban J connectivity index is 4.94. The molecule has 0 aromatic rings. The smallest absolute Gasteiger partial charge is 0.251 e. The van der Waals surface area contributed by atoms with Crippen LogP contribution < -0.4 is 5.32 Å². The number of rotatable bonds is 7. The molecule has 0 spiro atoms. The van der Waals surface area contributed by atoms with Gasteiger partial charge in [0.15, 0.2) is 0 Å². The lowest BCUT2D eigenvalue weighted by Gasteiger charge is -2.15. The maximum Gasteiger partial charge on any atom is 0.251 e. The van der Waals surface area contributed by atoms with Crippen molar-refractivity contribution in [1.82, 2.24) is 10.2 Å². The zero-order valence-corrected chi connectivity index (χ0v) is 14.1. The normalized spacial score (nSPS) is 11.3. The number of hydrogen-bond donors (Lipinski definition) is 1. The van der Waals surface area contributed by atoms with Crippen LogP contribution in [0.15, 0.2) is 36.0 Å². The third kappa shape index (κ3) is 6.93. The average molecular weight is 292 g/mol. The van der Waals surface area contributed by atoms with Gasteiger partial charge < -0.3 is 10.2 Å². The number of likely N-dealkylation sites (N-methyl/N-ethyl adjacent to an activating group) is 1. The van der Waals surface area contributed by atoms with E-state index in [4.69, 9.17) is 0 Å². The molecule has 0 saturated carbocycles. The molecule has 0 aliphatic rings. The van der Waals surface area contributed by atoms with Crippen molar-refractivity contribution in [3.63, 3.8) is 0 Å². The molecule has 0 rings (SSSR count). The third-order valence-electron chi connectivity index (χ3n) is 3.17. The van der Waals surface area contributed by atoms with Crippen LogP contribution in [0.1, 0.15) is 27.7 Å². The van der Waals surface area contributed by atoms with Gasteiger partial charge in [-0.25, -0.2) is 0 Å². The van der Waals surface area contributed by atoms with E-state index in [0.29, 0.717) is 17.4 Å². The molecule has 0 atom stereocenters. The fourth-order valence-corrected chi connectivity index (χ4v) is 1.89. The summed E-state index contributed by atoms with van der Waals surface area (Å²) in [5.41, 5.74) is 1.73. The van der Waals surface area contributed by atoms with Crippen LogP contribution in [0, 0.1) is 11.8 Å². The van der Waals surface area contributed by atoms with E-state index in [1.54, 1.807) is 20.2 Å². The molecule has 4 heteroatoms. The van der Waals surface area contributed by atoms with Gasteiger partial charge in [0.2, 0.25) is 5.91 Å². The van der Waals surface area contributed by atoms with E-state index in [-0.39, 0.29) is 18.4 Å². The summed E-state index contributed by atoms with van der Waals surface area (Å²) >= 11 is 0. The first kappa shape index (κ1) is 19.2. The molecule has 0 radical (unpaired) electrons. The van der Waals surface area contributed by atoms with Gasteiger partial charge in [-0.15, -0.1) is 0 Å². The molecule has 0 unspecified atom stereocenters. The molecule has 21 heavy (non-hydrogen) atoms. The second-order valence-electron chi connectivity index (χ2n) is 5.77. The van der Waals surface area contributed by atoms with Gasteiger partial charge >= 0.3 is 0 Å². The van der Waals surface area contributed by atoms with Crippen LogP contribution in [-0.4, -0.2) is 37.4 Å². The molecule has 0 heterocycles. The van der Waals surface area contributed by atoms with Crippen LogP contribution in [0.4, 0.5) is 0 Å². The standard InChI is InChI=1S/C17H28N2O2/c1-8-14(9-10-15(12(2)3)13(4)5)17(21)18-11-16(20)19(6)7/h8-10,12-13H,1,11H2,2-7H3,(H,18,21)/b14-9+. The Hall–Kier alpha value is -1.84. The number of carbonyl (C=O) groups excluding carboxylic acids is 2. The zero-order valence-electron chi connectivity index (χ0n) is 14.1. The highest BCUT2D eigenvalue weighted by atomic mass is 16.2.